The Labute approximate surface area is 437 Å². The van der Waals surface area contributed by atoms with Gasteiger partial charge >= 0.3 is 0 Å². The molecule has 0 N–H and O–H groups in total. The standard InChI is InChI=1S/C69H45N5S/c1-2-45(46-23-8-3-9-24-46)31-22-38-62-70-68(49-29-14-6-15-30-49)72-69(71-62)50-43-56(47-25-10-4-11-26-47)65(57(44-50)48-27-12-5-13-28-48)74-59-37-21-19-35-55(59)64-61(74)42-40-53-52-39-41-60-63(66(52)75-67(53)64)54-34-18-20-36-58(54)73(60)51-32-16-7-17-33-51/h2-44H,1H2/b38-22+,45-31+. The minimum atomic E-state index is 0.551. The summed E-state index contributed by atoms with van der Waals surface area (Å²) < 4.78 is 7.49. The molecule has 0 bridgehead atoms. The predicted molar refractivity (Wildman–Crippen MR) is 317 cm³/mol. The topological polar surface area (TPSA) is 48.5 Å². The zero-order chi connectivity index (χ0) is 49.8. The van der Waals surface area contributed by atoms with Gasteiger partial charge in [-0.25, -0.2) is 15.0 Å². The lowest BCUT2D eigenvalue weighted by Crippen LogP contribution is -2.04. The van der Waals surface area contributed by atoms with Crippen LogP contribution in [0.2, 0.25) is 0 Å². The molecule has 4 heterocycles. The van der Waals surface area contributed by atoms with Crippen molar-refractivity contribution in [2.45, 2.75) is 0 Å². The summed E-state index contributed by atoms with van der Waals surface area (Å²) in [6, 6.07) is 84.3. The van der Waals surface area contributed by atoms with Crippen molar-refractivity contribution in [1.82, 2.24) is 24.1 Å². The normalized spacial score (nSPS) is 12.1. The Morgan fingerprint density at radius 3 is 1.44 bits per heavy atom. The van der Waals surface area contributed by atoms with Gasteiger partial charge in [0.1, 0.15) is 0 Å². The van der Waals surface area contributed by atoms with Crippen LogP contribution in [0.1, 0.15) is 11.4 Å². The van der Waals surface area contributed by atoms with Gasteiger partial charge in [-0.05, 0) is 76.9 Å². The fourth-order valence-electron chi connectivity index (χ4n) is 11.0. The van der Waals surface area contributed by atoms with Gasteiger partial charge in [-0.1, -0.05) is 213 Å². The highest BCUT2D eigenvalue weighted by molar-refractivity contribution is 7.27. The highest BCUT2D eigenvalue weighted by atomic mass is 32.1. The van der Waals surface area contributed by atoms with Gasteiger partial charge in [0.05, 0.1) is 27.8 Å². The van der Waals surface area contributed by atoms with Crippen molar-refractivity contribution in [3.8, 4) is 56.4 Å². The predicted octanol–water partition coefficient (Wildman–Crippen LogP) is 18.4. The maximum Gasteiger partial charge on any atom is 0.164 e. The molecule has 10 aromatic carbocycles. The lowest BCUT2D eigenvalue weighted by Gasteiger charge is -2.21. The highest BCUT2D eigenvalue weighted by Gasteiger charge is 2.25. The molecule has 14 rings (SSSR count). The van der Waals surface area contributed by atoms with E-state index in [-0.39, 0.29) is 0 Å². The van der Waals surface area contributed by atoms with E-state index < -0.39 is 0 Å². The number of para-hydroxylation sites is 3. The molecule has 0 saturated carbocycles. The fraction of sp³-hybridized carbons (Fsp3) is 0. The van der Waals surface area contributed by atoms with E-state index in [1.807, 2.05) is 84.2 Å². The maximum atomic E-state index is 5.26. The third-order valence-electron chi connectivity index (χ3n) is 14.4. The van der Waals surface area contributed by atoms with Crippen molar-refractivity contribution in [2.24, 2.45) is 0 Å². The van der Waals surface area contributed by atoms with Crippen LogP contribution >= 0.6 is 11.3 Å². The molecule has 0 spiro atoms. The molecule has 6 heteroatoms. The molecule has 0 amide bonds. The highest BCUT2D eigenvalue weighted by Crippen LogP contribution is 2.49. The van der Waals surface area contributed by atoms with Gasteiger partial charge in [0.25, 0.3) is 0 Å². The molecule has 0 unspecified atom stereocenters. The number of fused-ring (bicyclic) bond motifs is 11. The van der Waals surface area contributed by atoms with Crippen molar-refractivity contribution in [2.75, 3.05) is 0 Å². The van der Waals surface area contributed by atoms with Crippen molar-refractivity contribution >= 4 is 86.8 Å². The summed E-state index contributed by atoms with van der Waals surface area (Å²) >= 11 is 1.91. The first kappa shape index (κ1) is 44.0. The van der Waals surface area contributed by atoms with Crippen LogP contribution in [0.15, 0.2) is 261 Å². The van der Waals surface area contributed by atoms with Crippen molar-refractivity contribution < 1.29 is 0 Å². The van der Waals surface area contributed by atoms with Crippen molar-refractivity contribution in [3.05, 3.63) is 273 Å². The van der Waals surface area contributed by atoms with E-state index in [0.717, 1.165) is 66.9 Å². The lowest BCUT2D eigenvalue weighted by atomic mass is 9.92. The molecular weight excluding hydrogens is 931 g/mol. The summed E-state index contributed by atoms with van der Waals surface area (Å²) in [7, 11) is 0. The van der Waals surface area contributed by atoms with Gasteiger partial charge in [0, 0.05) is 69.7 Å². The number of hydrogen-bond donors (Lipinski definition) is 0. The van der Waals surface area contributed by atoms with Crippen LogP contribution in [0.3, 0.4) is 0 Å². The quantitative estimate of drug-likeness (QED) is 0.128. The summed E-state index contributed by atoms with van der Waals surface area (Å²) in [6.07, 6.45) is 7.87. The third-order valence-corrected chi connectivity index (χ3v) is 15.6. The number of rotatable bonds is 10. The zero-order valence-corrected chi connectivity index (χ0v) is 41.5. The number of nitrogens with zero attached hydrogens (tertiary/aromatic N) is 5. The average Bonchev–Trinajstić information content (AvgIpc) is 4.25. The summed E-state index contributed by atoms with van der Waals surface area (Å²) in [5.74, 6) is 1.73. The Kier molecular flexibility index (Phi) is 10.8. The fourth-order valence-corrected chi connectivity index (χ4v) is 12.4. The van der Waals surface area contributed by atoms with Gasteiger partial charge < -0.3 is 9.13 Å². The van der Waals surface area contributed by atoms with E-state index >= 15 is 0 Å². The third kappa shape index (κ3) is 7.50. The molecule has 0 aliphatic carbocycles. The Morgan fingerprint density at radius 1 is 0.413 bits per heavy atom. The number of thiophene rings is 1. The Bertz CT molecular complexity index is 4510. The van der Waals surface area contributed by atoms with Gasteiger partial charge in [0.2, 0.25) is 0 Å². The number of hydrogen-bond acceptors (Lipinski definition) is 4. The van der Waals surface area contributed by atoms with Crippen LogP contribution in [0, 0.1) is 0 Å². The van der Waals surface area contributed by atoms with E-state index in [2.05, 4.69) is 204 Å². The monoisotopic (exact) mass is 975 g/mol. The first-order valence-corrected chi connectivity index (χ1v) is 26.0. The number of benzene rings is 10. The second-order valence-corrected chi connectivity index (χ2v) is 19.7. The Morgan fingerprint density at radius 2 is 0.880 bits per heavy atom. The molecular formula is C69H45N5S. The average molecular weight is 976 g/mol. The first-order chi connectivity index (χ1) is 37.2. The van der Waals surface area contributed by atoms with Crippen molar-refractivity contribution in [3.63, 3.8) is 0 Å². The SMILES string of the molecule is C=C/C(=C\C=C\c1nc(-c2ccccc2)nc(-c2cc(-c3ccccc3)c(-n3c4ccccc4c4c5sc6c(ccc7c6c6ccccc6n7-c6ccccc6)c5ccc43)c(-c3ccccc3)c2)n1)c1ccccc1. The molecule has 14 aromatic rings. The molecule has 5 nitrogen and oxygen atoms in total. The number of allylic oxidation sites excluding steroid dienone is 4. The van der Waals surface area contributed by atoms with Gasteiger partial charge in [-0.2, -0.15) is 0 Å². The molecule has 4 aromatic heterocycles. The smallest absolute Gasteiger partial charge is 0.164 e. The second kappa shape index (κ2) is 18.4. The van der Waals surface area contributed by atoms with Gasteiger partial charge in [-0.3, -0.25) is 0 Å². The summed E-state index contributed by atoms with van der Waals surface area (Å²) in [6.45, 7) is 4.10. The zero-order valence-electron chi connectivity index (χ0n) is 40.7. The van der Waals surface area contributed by atoms with Crippen LogP contribution in [0.5, 0.6) is 0 Å². The largest absolute Gasteiger partial charge is 0.309 e. The lowest BCUT2D eigenvalue weighted by molar-refractivity contribution is 1.04. The second-order valence-electron chi connectivity index (χ2n) is 18.7. The summed E-state index contributed by atoms with van der Waals surface area (Å²) in [4.78, 5) is 15.5. The molecule has 75 heavy (non-hydrogen) atoms. The van der Waals surface area contributed by atoms with Crippen LogP contribution in [0.4, 0.5) is 0 Å². The van der Waals surface area contributed by atoms with Gasteiger partial charge in [-0.15, -0.1) is 11.3 Å². The van der Waals surface area contributed by atoms with E-state index in [1.165, 1.54) is 52.8 Å². The van der Waals surface area contributed by atoms with Crippen molar-refractivity contribution in [1.29, 1.82) is 0 Å². The van der Waals surface area contributed by atoms with Crippen LogP contribution < -0.4 is 0 Å². The van der Waals surface area contributed by atoms with Gasteiger partial charge in [0.15, 0.2) is 17.5 Å². The van der Waals surface area contributed by atoms with E-state index in [1.54, 1.807) is 0 Å². The minimum absolute atomic E-state index is 0.551. The molecule has 0 aliphatic rings. The number of aromatic nitrogens is 5. The Balaban J connectivity index is 1.03. The molecule has 0 atom stereocenters. The summed E-state index contributed by atoms with van der Waals surface area (Å²) in [5, 5.41) is 7.52. The van der Waals surface area contributed by atoms with Crippen LogP contribution in [0.25, 0.3) is 132 Å². The molecule has 0 fully saturated rings. The molecule has 0 radical (unpaired) electrons. The van der Waals surface area contributed by atoms with E-state index in [9.17, 15) is 0 Å². The van der Waals surface area contributed by atoms with Crippen LogP contribution in [-0.4, -0.2) is 24.1 Å². The van der Waals surface area contributed by atoms with E-state index in [0.29, 0.717) is 17.5 Å². The first-order valence-electron chi connectivity index (χ1n) is 25.2. The van der Waals surface area contributed by atoms with Crippen LogP contribution in [-0.2, 0) is 0 Å². The molecule has 0 saturated heterocycles. The minimum Gasteiger partial charge on any atom is -0.309 e. The van der Waals surface area contributed by atoms with E-state index in [4.69, 9.17) is 15.0 Å². The summed E-state index contributed by atoms with van der Waals surface area (Å²) in [5.41, 5.74) is 15.1. The molecule has 0 aliphatic heterocycles. The Hall–Kier alpha value is -9.75. The maximum absolute atomic E-state index is 5.26. The molecule has 352 valence electrons.